The number of rotatable bonds is 3. The third kappa shape index (κ3) is 3.10. The number of likely N-dealkylation sites (tertiary alicyclic amines) is 1. The van der Waals surface area contributed by atoms with E-state index in [1.54, 1.807) is 15.6 Å². The number of hydrogen-bond donors (Lipinski definition) is 1. The number of aliphatic hydroxyl groups is 1. The first-order valence-electron chi connectivity index (χ1n) is 9.04. The highest BCUT2D eigenvalue weighted by molar-refractivity contribution is 6.06. The van der Waals surface area contributed by atoms with Crippen LogP contribution in [0.25, 0.3) is 11.0 Å². The van der Waals surface area contributed by atoms with Crippen LogP contribution in [0, 0.1) is 26.7 Å². The van der Waals surface area contributed by atoms with Crippen molar-refractivity contribution in [1.29, 1.82) is 0 Å². The molecule has 3 aromatic heterocycles. The zero-order chi connectivity index (χ0) is 19.3. The van der Waals surface area contributed by atoms with Crippen molar-refractivity contribution < 1.29 is 14.4 Å². The van der Waals surface area contributed by atoms with Crippen molar-refractivity contribution in [2.45, 2.75) is 33.3 Å². The molecule has 0 saturated carbocycles. The van der Waals surface area contributed by atoms with Crippen molar-refractivity contribution in [1.82, 2.24) is 24.8 Å². The molecule has 27 heavy (non-hydrogen) atoms. The lowest BCUT2D eigenvalue weighted by atomic mass is 10.0. The minimum absolute atomic E-state index is 0.0743. The van der Waals surface area contributed by atoms with E-state index >= 15 is 0 Å². The molecule has 0 aromatic carbocycles. The average Bonchev–Trinajstić information content (AvgIpc) is 3.26. The number of carbonyl (C=O) groups is 1. The van der Waals surface area contributed by atoms with Crippen LogP contribution in [0.4, 0.5) is 0 Å². The molecule has 1 aliphatic heterocycles. The molecule has 1 fully saturated rings. The predicted molar refractivity (Wildman–Crippen MR) is 98.3 cm³/mol. The molecule has 2 atom stereocenters. The summed E-state index contributed by atoms with van der Waals surface area (Å²) in [4.78, 5) is 19.5. The van der Waals surface area contributed by atoms with E-state index in [0.717, 1.165) is 28.2 Å². The molecule has 4 rings (SSSR count). The Balaban J connectivity index is 1.61. The van der Waals surface area contributed by atoms with E-state index in [4.69, 9.17) is 4.52 Å². The lowest BCUT2D eigenvalue weighted by molar-refractivity contribution is 0.0766. The van der Waals surface area contributed by atoms with Crippen LogP contribution in [0.15, 0.2) is 16.7 Å². The molecule has 0 spiro atoms. The Morgan fingerprint density at radius 1 is 1.26 bits per heavy atom. The molecule has 3 aromatic rings. The van der Waals surface area contributed by atoms with E-state index in [1.165, 1.54) is 0 Å². The van der Waals surface area contributed by atoms with Gasteiger partial charge in [-0.2, -0.15) is 5.10 Å². The van der Waals surface area contributed by atoms with Gasteiger partial charge in [0.25, 0.3) is 5.91 Å². The lowest BCUT2D eigenvalue weighted by Gasteiger charge is -2.17. The Morgan fingerprint density at radius 3 is 2.74 bits per heavy atom. The van der Waals surface area contributed by atoms with Crippen LogP contribution >= 0.6 is 0 Å². The van der Waals surface area contributed by atoms with Gasteiger partial charge in [0.05, 0.1) is 28.4 Å². The van der Waals surface area contributed by atoms with Gasteiger partial charge in [0.1, 0.15) is 5.76 Å². The van der Waals surface area contributed by atoms with E-state index in [-0.39, 0.29) is 11.8 Å². The smallest absolute Gasteiger partial charge is 0.254 e. The van der Waals surface area contributed by atoms with Crippen molar-refractivity contribution in [3.63, 3.8) is 0 Å². The van der Waals surface area contributed by atoms with Crippen LogP contribution < -0.4 is 0 Å². The second-order valence-corrected chi connectivity index (χ2v) is 7.40. The van der Waals surface area contributed by atoms with Gasteiger partial charge >= 0.3 is 0 Å². The Kier molecular flexibility index (Phi) is 4.22. The maximum atomic E-state index is 13.2. The van der Waals surface area contributed by atoms with Crippen LogP contribution in [-0.4, -0.2) is 55.0 Å². The van der Waals surface area contributed by atoms with Crippen molar-refractivity contribution in [2.75, 3.05) is 13.1 Å². The first-order valence-corrected chi connectivity index (χ1v) is 9.04. The van der Waals surface area contributed by atoms with E-state index in [0.29, 0.717) is 30.7 Å². The summed E-state index contributed by atoms with van der Waals surface area (Å²) in [6, 6.07) is 3.67. The van der Waals surface area contributed by atoms with Crippen molar-refractivity contribution in [3.05, 3.63) is 40.5 Å². The van der Waals surface area contributed by atoms with Gasteiger partial charge < -0.3 is 14.5 Å². The maximum absolute atomic E-state index is 13.2. The van der Waals surface area contributed by atoms with Crippen molar-refractivity contribution in [2.24, 2.45) is 13.0 Å². The largest absolute Gasteiger partial charge is 0.391 e. The highest BCUT2D eigenvalue weighted by atomic mass is 16.5. The van der Waals surface area contributed by atoms with Gasteiger partial charge in [0, 0.05) is 44.2 Å². The fourth-order valence-corrected chi connectivity index (χ4v) is 3.90. The van der Waals surface area contributed by atoms with Crippen LogP contribution in [-0.2, 0) is 13.5 Å². The fraction of sp³-hybridized carbons (Fsp3) is 0.474. The number of aromatic nitrogens is 4. The highest BCUT2D eigenvalue weighted by Gasteiger charge is 2.36. The topological polar surface area (TPSA) is 97.3 Å². The minimum Gasteiger partial charge on any atom is -0.391 e. The van der Waals surface area contributed by atoms with Gasteiger partial charge in [-0.25, -0.2) is 4.98 Å². The summed E-state index contributed by atoms with van der Waals surface area (Å²) >= 11 is 0. The van der Waals surface area contributed by atoms with Gasteiger partial charge in [0.2, 0.25) is 0 Å². The Bertz CT molecular complexity index is 1020. The average molecular weight is 369 g/mol. The molecule has 1 aliphatic rings. The molecular formula is C19H23N5O3. The molecule has 1 amide bonds. The summed E-state index contributed by atoms with van der Waals surface area (Å²) in [5, 5.41) is 19.5. The molecule has 0 unspecified atom stereocenters. The van der Waals surface area contributed by atoms with Gasteiger partial charge in [0.15, 0.2) is 5.65 Å². The molecular weight excluding hydrogens is 346 g/mol. The van der Waals surface area contributed by atoms with Crippen LogP contribution in [0.3, 0.4) is 0 Å². The molecule has 0 radical (unpaired) electrons. The number of pyridine rings is 1. The van der Waals surface area contributed by atoms with Crippen LogP contribution in [0.5, 0.6) is 0 Å². The Hall–Kier alpha value is -2.74. The first kappa shape index (κ1) is 17.7. The van der Waals surface area contributed by atoms with Gasteiger partial charge in [-0.15, -0.1) is 0 Å². The van der Waals surface area contributed by atoms with Crippen LogP contribution in [0.1, 0.15) is 33.2 Å². The zero-order valence-corrected chi connectivity index (χ0v) is 15.9. The molecule has 1 saturated heterocycles. The van der Waals surface area contributed by atoms with E-state index in [9.17, 15) is 9.90 Å². The molecule has 4 heterocycles. The standard InChI is InChI=1S/C19H23N5O3/c1-10-6-15(17-12(3)21-23(4)18(17)20-10)19(26)24-8-13(16(25)9-24)7-14-5-11(2)22-27-14/h5-6,13,16,25H,7-9H2,1-4H3/t13-,16+/m1/s1. The second kappa shape index (κ2) is 6.45. The van der Waals surface area contributed by atoms with E-state index in [2.05, 4.69) is 15.2 Å². The molecule has 8 nitrogen and oxygen atoms in total. The number of aliphatic hydroxyl groups excluding tert-OH is 1. The van der Waals surface area contributed by atoms with Crippen molar-refractivity contribution >= 4 is 16.9 Å². The lowest BCUT2D eigenvalue weighted by Crippen LogP contribution is -2.30. The van der Waals surface area contributed by atoms with Gasteiger partial charge in [-0.05, 0) is 26.8 Å². The van der Waals surface area contributed by atoms with Crippen LogP contribution in [0.2, 0.25) is 0 Å². The first-order chi connectivity index (χ1) is 12.8. The molecule has 0 aliphatic carbocycles. The second-order valence-electron chi connectivity index (χ2n) is 7.40. The Morgan fingerprint density at radius 2 is 2.04 bits per heavy atom. The summed E-state index contributed by atoms with van der Waals surface area (Å²) in [6.45, 7) is 6.39. The number of hydrogen-bond acceptors (Lipinski definition) is 6. The van der Waals surface area contributed by atoms with E-state index in [1.807, 2.05) is 33.9 Å². The number of nitrogens with zero attached hydrogens (tertiary/aromatic N) is 5. The normalized spacial score (nSPS) is 20.0. The predicted octanol–water partition coefficient (Wildman–Crippen LogP) is 1.56. The van der Waals surface area contributed by atoms with Crippen molar-refractivity contribution in [3.8, 4) is 0 Å². The summed E-state index contributed by atoms with van der Waals surface area (Å²) in [5.41, 5.74) is 3.64. The quantitative estimate of drug-likeness (QED) is 0.752. The SMILES string of the molecule is Cc1cc(C[C@@H]2CN(C(=O)c3cc(C)nc4c3c(C)nn4C)C[C@@H]2O)on1. The number of carbonyl (C=O) groups excluding carboxylic acids is 1. The number of fused-ring (bicyclic) bond motifs is 1. The Labute approximate surface area is 156 Å². The molecule has 0 bridgehead atoms. The molecule has 142 valence electrons. The van der Waals surface area contributed by atoms with Gasteiger partial charge in [-0.3, -0.25) is 9.48 Å². The summed E-state index contributed by atoms with van der Waals surface area (Å²) in [5.74, 6) is 0.558. The highest BCUT2D eigenvalue weighted by Crippen LogP contribution is 2.27. The number of amides is 1. The number of β-amino-alcohol motifs (C(OH)–C–C–N with tert-alkyl or cyclic N) is 1. The summed E-state index contributed by atoms with van der Waals surface area (Å²) < 4.78 is 6.96. The maximum Gasteiger partial charge on any atom is 0.254 e. The fourth-order valence-electron chi connectivity index (χ4n) is 3.90. The third-order valence-electron chi connectivity index (χ3n) is 5.16. The summed E-state index contributed by atoms with van der Waals surface area (Å²) in [7, 11) is 1.82. The number of aryl methyl sites for hydroxylation is 4. The molecule has 8 heteroatoms. The third-order valence-corrected chi connectivity index (χ3v) is 5.16. The molecule has 1 N–H and O–H groups in total. The monoisotopic (exact) mass is 369 g/mol. The summed E-state index contributed by atoms with van der Waals surface area (Å²) in [6.07, 6.45) is -0.0320. The zero-order valence-electron chi connectivity index (χ0n) is 15.9. The minimum atomic E-state index is -0.590. The van der Waals surface area contributed by atoms with E-state index < -0.39 is 6.10 Å². The van der Waals surface area contributed by atoms with Gasteiger partial charge in [-0.1, -0.05) is 5.16 Å².